The maximum absolute atomic E-state index is 12.9. The minimum Gasteiger partial charge on any atom is -0.398 e. The van der Waals surface area contributed by atoms with Gasteiger partial charge in [-0.2, -0.15) is 0 Å². The lowest BCUT2D eigenvalue weighted by atomic mass is 10.3. The average molecular weight is 236 g/mol. The van der Waals surface area contributed by atoms with Crippen LogP contribution in [0.15, 0.2) is 17.0 Å². The van der Waals surface area contributed by atoms with Crippen molar-refractivity contribution in [1.82, 2.24) is 0 Å². The third-order valence-corrected chi connectivity index (χ3v) is 3.06. The maximum atomic E-state index is 12.9. The summed E-state index contributed by atoms with van der Waals surface area (Å²) in [6.07, 6.45) is 0.680. The summed E-state index contributed by atoms with van der Waals surface area (Å²) in [5.41, 5.74) is 5.97. The van der Waals surface area contributed by atoms with Gasteiger partial charge in [0.2, 0.25) is 0 Å². The summed E-state index contributed by atoms with van der Waals surface area (Å²) in [5.74, 6) is 0.235. The molecule has 0 radical (unpaired) electrons. The Kier molecular flexibility index (Phi) is 4.51. The van der Waals surface area contributed by atoms with Crippen molar-refractivity contribution in [2.75, 3.05) is 18.1 Å². The van der Waals surface area contributed by atoms with Crippen LogP contribution in [-0.2, 0) is 0 Å². The zero-order valence-corrected chi connectivity index (χ0v) is 9.04. The Morgan fingerprint density at radius 3 is 2.86 bits per heavy atom. The first-order valence-electron chi connectivity index (χ1n) is 4.13. The number of hydrogen-bond donors (Lipinski definition) is 2. The summed E-state index contributed by atoms with van der Waals surface area (Å²) in [6, 6.07) is 2.72. The third kappa shape index (κ3) is 3.04. The molecular formula is C9H11ClFNOS. The van der Waals surface area contributed by atoms with E-state index in [0.717, 1.165) is 10.6 Å². The van der Waals surface area contributed by atoms with Crippen molar-refractivity contribution < 1.29 is 9.50 Å². The number of rotatable bonds is 4. The van der Waals surface area contributed by atoms with Gasteiger partial charge in [-0.15, -0.1) is 11.8 Å². The lowest BCUT2D eigenvalue weighted by molar-refractivity contribution is 0.296. The molecule has 1 rings (SSSR count). The van der Waals surface area contributed by atoms with E-state index in [1.807, 2.05) is 0 Å². The van der Waals surface area contributed by atoms with Crippen molar-refractivity contribution in [2.45, 2.75) is 11.3 Å². The van der Waals surface area contributed by atoms with E-state index in [2.05, 4.69) is 0 Å². The zero-order chi connectivity index (χ0) is 10.6. The number of nitrogens with two attached hydrogens (primary N) is 1. The molecule has 0 bridgehead atoms. The summed E-state index contributed by atoms with van der Waals surface area (Å²) in [6.45, 7) is 0.141. The molecule has 0 atom stereocenters. The van der Waals surface area contributed by atoms with Crippen LogP contribution < -0.4 is 5.73 Å². The number of halogens is 2. The molecule has 0 heterocycles. The molecule has 0 unspecified atom stereocenters. The van der Waals surface area contributed by atoms with Gasteiger partial charge in [0.15, 0.2) is 0 Å². The Labute approximate surface area is 91.3 Å². The van der Waals surface area contributed by atoms with Crippen LogP contribution in [0.25, 0.3) is 0 Å². The van der Waals surface area contributed by atoms with Crippen molar-refractivity contribution >= 4 is 29.1 Å². The predicted octanol–water partition coefficient (Wildman–Crippen LogP) is 2.54. The molecule has 0 fully saturated rings. The van der Waals surface area contributed by atoms with Gasteiger partial charge < -0.3 is 10.8 Å². The molecule has 2 nitrogen and oxygen atoms in total. The number of hydrogen-bond acceptors (Lipinski definition) is 3. The van der Waals surface area contributed by atoms with E-state index in [4.69, 9.17) is 22.4 Å². The molecule has 0 aliphatic carbocycles. The Morgan fingerprint density at radius 1 is 1.50 bits per heavy atom. The van der Waals surface area contributed by atoms with Gasteiger partial charge >= 0.3 is 0 Å². The zero-order valence-electron chi connectivity index (χ0n) is 7.46. The van der Waals surface area contributed by atoms with Crippen molar-refractivity contribution in [2.24, 2.45) is 0 Å². The molecule has 14 heavy (non-hydrogen) atoms. The van der Waals surface area contributed by atoms with E-state index in [1.54, 1.807) is 0 Å². The van der Waals surface area contributed by atoms with E-state index in [0.29, 0.717) is 12.1 Å². The molecule has 0 aliphatic rings. The van der Waals surface area contributed by atoms with E-state index in [-0.39, 0.29) is 11.6 Å². The molecule has 5 heteroatoms. The second-order valence-corrected chi connectivity index (χ2v) is 4.27. The highest BCUT2D eigenvalue weighted by atomic mass is 35.5. The minimum absolute atomic E-state index is 0.0747. The highest BCUT2D eigenvalue weighted by Crippen LogP contribution is 2.30. The quantitative estimate of drug-likeness (QED) is 0.479. The van der Waals surface area contributed by atoms with Gasteiger partial charge in [-0.1, -0.05) is 11.6 Å². The summed E-state index contributed by atoms with van der Waals surface area (Å²) < 4.78 is 12.9. The van der Waals surface area contributed by atoms with Crippen LogP contribution in [-0.4, -0.2) is 17.5 Å². The molecule has 0 aliphatic heterocycles. The van der Waals surface area contributed by atoms with E-state index < -0.39 is 5.82 Å². The number of thioether (sulfide) groups is 1. The first-order chi connectivity index (χ1) is 6.65. The molecule has 1 aromatic carbocycles. The van der Waals surface area contributed by atoms with Crippen LogP contribution in [0.4, 0.5) is 10.1 Å². The van der Waals surface area contributed by atoms with Crippen LogP contribution in [0.1, 0.15) is 6.42 Å². The normalized spacial score (nSPS) is 10.5. The fourth-order valence-corrected chi connectivity index (χ4v) is 2.06. The molecule has 1 aromatic rings. The van der Waals surface area contributed by atoms with Crippen LogP contribution in [0.3, 0.4) is 0 Å². The second-order valence-electron chi connectivity index (χ2n) is 2.73. The number of anilines is 1. The topological polar surface area (TPSA) is 46.2 Å². The lowest BCUT2D eigenvalue weighted by Crippen LogP contribution is -1.93. The Morgan fingerprint density at radius 2 is 2.21 bits per heavy atom. The summed E-state index contributed by atoms with van der Waals surface area (Å²) in [7, 11) is 0. The minimum atomic E-state index is -0.504. The van der Waals surface area contributed by atoms with Gasteiger partial charge in [0, 0.05) is 22.9 Å². The van der Waals surface area contributed by atoms with Crippen molar-refractivity contribution in [3.8, 4) is 0 Å². The second kappa shape index (κ2) is 5.44. The average Bonchev–Trinajstić information content (AvgIpc) is 2.14. The Balaban J connectivity index is 2.72. The monoisotopic (exact) mass is 235 g/mol. The smallest absolute Gasteiger partial charge is 0.143 e. The van der Waals surface area contributed by atoms with Crippen LogP contribution >= 0.6 is 23.4 Å². The fraction of sp³-hybridized carbons (Fsp3) is 0.333. The highest BCUT2D eigenvalue weighted by molar-refractivity contribution is 7.99. The number of benzene rings is 1. The lowest BCUT2D eigenvalue weighted by Gasteiger charge is -2.05. The highest BCUT2D eigenvalue weighted by Gasteiger charge is 2.06. The van der Waals surface area contributed by atoms with Gasteiger partial charge in [0.05, 0.1) is 5.02 Å². The van der Waals surface area contributed by atoms with Gasteiger partial charge in [0.1, 0.15) is 5.82 Å². The Hall–Kier alpha value is -0.450. The molecule has 78 valence electrons. The van der Waals surface area contributed by atoms with Gasteiger partial charge in [-0.3, -0.25) is 0 Å². The van der Waals surface area contributed by atoms with Crippen LogP contribution in [0.2, 0.25) is 5.02 Å². The first-order valence-corrected chi connectivity index (χ1v) is 5.49. The van der Waals surface area contributed by atoms with Gasteiger partial charge in [-0.25, -0.2) is 4.39 Å². The van der Waals surface area contributed by atoms with Gasteiger partial charge in [-0.05, 0) is 18.6 Å². The van der Waals surface area contributed by atoms with Gasteiger partial charge in [0.25, 0.3) is 0 Å². The van der Waals surface area contributed by atoms with E-state index in [1.165, 1.54) is 23.9 Å². The SMILES string of the molecule is Nc1cc(F)c(Cl)cc1SCCCO. The Bertz CT molecular complexity index is 322. The molecule has 0 spiro atoms. The third-order valence-electron chi connectivity index (χ3n) is 1.61. The van der Waals surface area contributed by atoms with E-state index in [9.17, 15) is 4.39 Å². The van der Waals surface area contributed by atoms with Crippen molar-refractivity contribution in [3.63, 3.8) is 0 Å². The summed E-state index contributed by atoms with van der Waals surface area (Å²) >= 11 is 7.06. The fourth-order valence-electron chi connectivity index (χ4n) is 0.916. The molecule has 0 amide bonds. The summed E-state index contributed by atoms with van der Waals surface area (Å²) in [4.78, 5) is 0.754. The number of nitrogen functional groups attached to an aromatic ring is 1. The molecular weight excluding hydrogens is 225 g/mol. The van der Waals surface area contributed by atoms with E-state index >= 15 is 0 Å². The van der Waals surface area contributed by atoms with Crippen LogP contribution in [0, 0.1) is 5.82 Å². The molecule has 0 saturated heterocycles. The van der Waals surface area contributed by atoms with Crippen LogP contribution in [0.5, 0.6) is 0 Å². The van der Waals surface area contributed by atoms with Crippen molar-refractivity contribution in [3.05, 3.63) is 23.0 Å². The number of aliphatic hydroxyl groups excluding tert-OH is 1. The largest absolute Gasteiger partial charge is 0.398 e. The molecule has 0 aromatic heterocycles. The molecule has 0 saturated carbocycles. The number of aliphatic hydroxyl groups is 1. The summed E-state index contributed by atoms with van der Waals surface area (Å²) in [5, 5.41) is 8.66. The van der Waals surface area contributed by atoms with Crippen molar-refractivity contribution in [1.29, 1.82) is 0 Å². The predicted molar refractivity (Wildman–Crippen MR) is 58.2 cm³/mol. The standard InChI is InChI=1S/C9H11ClFNOS/c10-6-4-9(14-3-1-2-13)8(12)5-7(6)11/h4-5,13H,1-3,12H2. The molecule has 3 N–H and O–H groups in total. The maximum Gasteiger partial charge on any atom is 0.143 e. The first kappa shape index (κ1) is 11.6.